The van der Waals surface area contributed by atoms with Gasteiger partial charge in [-0.15, -0.1) is 0 Å². The van der Waals surface area contributed by atoms with E-state index in [9.17, 15) is 21.6 Å². The highest BCUT2D eigenvalue weighted by atomic mass is 32.2. The Kier molecular flexibility index (Phi) is 6.86. The van der Waals surface area contributed by atoms with Gasteiger partial charge in [0.2, 0.25) is 20.0 Å². The predicted octanol–water partition coefficient (Wildman–Crippen LogP) is 1.69. The zero-order valence-corrected chi connectivity index (χ0v) is 19.7. The molecule has 1 heterocycles. The minimum atomic E-state index is -3.77. The maximum Gasteiger partial charge on any atom is 0.308 e. The number of nitrogens with zero attached hydrogens (tertiary/aromatic N) is 2. The minimum Gasteiger partial charge on any atom is -0.492 e. The summed E-state index contributed by atoms with van der Waals surface area (Å²) in [5.41, 5.74) is 0.708. The lowest BCUT2D eigenvalue weighted by Crippen LogP contribution is -2.28. The molecule has 0 spiro atoms. The fourth-order valence-electron chi connectivity index (χ4n) is 2.86. The van der Waals surface area contributed by atoms with E-state index in [1.807, 2.05) is 6.92 Å². The molecule has 0 fully saturated rings. The Balaban J connectivity index is 1.61. The van der Waals surface area contributed by atoms with Gasteiger partial charge in [-0.2, -0.15) is 0 Å². The van der Waals surface area contributed by atoms with Crippen LogP contribution in [0.2, 0.25) is 0 Å². The molecule has 2 aromatic carbocycles. The summed E-state index contributed by atoms with van der Waals surface area (Å²) in [6.45, 7) is 2.45. The monoisotopic (exact) mass is 485 g/mol. The van der Waals surface area contributed by atoms with E-state index in [-0.39, 0.29) is 27.8 Å². The molecule has 0 unspecified atom stereocenters. The smallest absolute Gasteiger partial charge is 0.308 e. The molecule has 0 aliphatic rings. The lowest BCUT2D eigenvalue weighted by molar-refractivity contribution is 0.322. The third-order valence-electron chi connectivity index (χ3n) is 4.53. The van der Waals surface area contributed by atoms with Crippen molar-refractivity contribution in [3.8, 4) is 5.75 Å². The third kappa shape index (κ3) is 4.99. The molecule has 0 atom stereocenters. The maximum atomic E-state index is 12.5. The molecule has 0 aliphatic heterocycles. The summed E-state index contributed by atoms with van der Waals surface area (Å²) >= 11 is 1.01. The highest BCUT2D eigenvalue weighted by Crippen LogP contribution is 2.22. The molecule has 0 radical (unpaired) electrons. The molecule has 3 rings (SSSR count). The number of aryl methyl sites for hydroxylation is 1. The van der Waals surface area contributed by atoms with Crippen LogP contribution in [0.4, 0.5) is 0 Å². The van der Waals surface area contributed by atoms with Gasteiger partial charge >= 0.3 is 4.87 Å². The largest absolute Gasteiger partial charge is 0.492 e. The summed E-state index contributed by atoms with van der Waals surface area (Å²) in [6, 6.07) is 10.5. The van der Waals surface area contributed by atoms with Crippen LogP contribution < -0.4 is 14.3 Å². The summed E-state index contributed by atoms with van der Waals surface area (Å²) in [5.74, 6) is 0.420. The number of hydrogen-bond donors (Lipinski definition) is 1. The van der Waals surface area contributed by atoms with Crippen molar-refractivity contribution in [2.24, 2.45) is 0 Å². The second kappa shape index (κ2) is 9.09. The number of hydrogen-bond acceptors (Lipinski definition) is 7. The van der Waals surface area contributed by atoms with Gasteiger partial charge in [0.05, 0.1) is 20.0 Å². The molecule has 0 saturated carbocycles. The van der Waals surface area contributed by atoms with Crippen molar-refractivity contribution in [1.82, 2.24) is 13.6 Å². The Morgan fingerprint density at radius 2 is 1.68 bits per heavy atom. The number of sulfonamides is 2. The molecule has 9 nitrogen and oxygen atoms in total. The molecule has 31 heavy (non-hydrogen) atoms. The Hall–Kier alpha value is -2.25. The Labute approximate surface area is 185 Å². The van der Waals surface area contributed by atoms with E-state index in [4.69, 9.17) is 4.74 Å². The van der Waals surface area contributed by atoms with E-state index in [0.717, 1.165) is 15.6 Å². The van der Waals surface area contributed by atoms with Gasteiger partial charge in [-0.05, 0) is 49.4 Å². The van der Waals surface area contributed by atoms with Crippen molar-refractivity contribution in [2.45, 2.75) is 23.3 Å². The second-order valence-corrected chi connectivity index (χ2v) is 11.7. The molecule has 12 heteroatoms. The Morgan fingerprint density at radius 3 is 2.29 bits per heavy atom. The van der Waals surface area contributed by atoms with Crippen LogP contribution in [0.1, 0.15) is 6.92 Å². The first-order chi connectivity index (χ1) is 14.6. The van der Waals surface area contributed by atoms with Crippen LogP contribution in [0.5, 0.6) is 5.75 Å². The van der Waals surface area contributed by atoms with Crippen LogP contribution in [0.15, 0.2) is 57.1 Å². The van der Waals surface area contributed by atoms with Crippen molar-refractivity contribution in [1.29, 1.82) is 0 Å². The number of fused-ring (bicyclic) bond motifs is 1. The normalized spacial score (nSPS) is 12.5. The molecule has 3 aromatic rings. The van der Waals surface area contributed by atoms with Gasteiger partial charge in [-0.1, -0.05) is 11.3 Å². The zero-order chi connectivity index (χ0) is 22.8. The van der Waals surface area contributed by atoms with Gasteiger partial charge in [0.25, 0.3) is 0 Å². The average Bonchev–Trinajstić information content (AvgIpc) is 3.05. The van der Waals surface area contributed by atoms with E-state index >= 15 is 0 Å². The maximum absolute atomic E-state index is 12.5. The Morgan fingerprint density at radius 1 is 1.03 bits per heavy atom. The molecular formula is C19H23N3O6S3. The SMILES string of the molecule is CCn1c(=O)sc2cc(S(=O)(=O)NCCOc3ccc(S(=O)(=O)N(C)C)cc3)ccc21. The van der Waals surface area contributed by atoms with E-state index in [1.54, 1.807) is 10.6 Å². The van der Waals surface area contributed by atoms with Crippen molar-refractivity contribution >= 4 is 41.6 Å². The topological polar surface area (TPSA) is 115 Å². The van der Waals surface area contributed by atoms with Crippen LogP contribution in [0, 0.1) is 0 Å². The van der Waals surface area contributed by atoms with E-state index in [0.29, 0.717) is 22.5 Å². The highest BCUT2D eigenvalue weighted by Gasteiger charge is 2.18. The minimum absolute atomic E-state index is 0.0182. The van der Waals surface area contributed by atoms with Crippen LogP contribution >= 0.6 is 11.3 Å². The lowest BCUT2D eigenvalue weighted by atomic mass is 10.3. The summed E-state index contributed by atoms with van der Waals surface area (Å²) in [4.78, 5) is 12.0. The van der Waals surface area contributed by atoms with E-state index in [1.165, 1.54) is 50.5 Å². The van der Waals surface area contributed by atoms with Gasteiger partial charge in [-0.3, -0.25) is 9.36 Å². The van der Waals surface area contributed by atoms with Crippen molar-refractivity contribution < 1.29 is 21.6 Å². The fraction of sp³-hybridized carbons (Fsp3) is 0.316. The molecule has 0 amide bonds. The number of ether oxygens (including phenoxy) is 1. The van der Waals surface area contributed by atoms with Gasteiger partial charge in [0, 0.05) is 27.2 Å². The number of nitrogens with one attached hydrogen (secondary N) is 1. The Bertz CT molecular complexity index is 1340. The van der Waals surface area contributed by atoms with Crippen LogP contribution in [-0.2, 0) is 26.6 Å². The number of thiazole rings is 1. The standard InChI is InChI=1S/C19H23N3O6S3/c1-4-22-17-10-9-16(13-18(17)29-19(22)23)30(24,25)20-11-12-28-14-5-7-15(8-6-14)31(26,27)21(2)3/h5-10,13,20H,4,11-12H2,1-3H3. The van der Waals surface area contributed by atoms with Gasteiger partial charge in [0.15, 0.2) is 0 Å². The first kappa shape index (κ1) is 23.4. The number of benzene rings is 2. The van der Waals surface area contributed by atoms with Gasteiger partial charge in [-0.25, -0.2) is 25.9 Å². The van der Waals surface area contributed by atoms with Crippen LogP contribution in [0.3, 0.4) is 0 Å². The summed E-state index contributed by atoms with van der Waals surface area (Å²) in [6.07, 6.45) is 0. The van der Waals surface area contributed by atoms with Crippen LogP contribution in [-0.4, -0.2) is 53.0 Å². The summed E-state index contributed by atoms with van der Waals surface area (Å²) in [7, 11) is -4.40. The molecule has 1 aromatic heterocycles. The molecular weight excluding hydrogens is 462 g/mol. The van der Waals surface area contributed by atoms with E-state index < -0.39 is 20.0 Å². The molecule has 1 N–H and O–H groups in total. The molecule has 0 saturated heterocycles. The fourth-order valence-corrected chi connectivity index (χ4v) is 5.87. The molecule has 0 bridgehead atoms. The van der Waals surface area contributed by atoms with Gasteiger partial charge < -0.3 is 4.74 Å². The van der Waals surface area contributed by atoms with Crippen LogP contribution in [0.25, 0.3) is 10.2 Å². The third-order valence-corrected chi connectivity index (χ3v) is 8.76. The first-order valence-corrected chi connectivity index (χ1v) is 13.1. The quantitative estimate of drug-likeness (QED) is 0.461. The molecule has 0 aliphatic carbocycles. The predicted molar refractivity (Wildman–Crippen MR) is 120 cm³/mol. The number of aromatic nitrogens is 1. The summed E-state index contributed by atoms with van der Waals surface area (Å²) in [5, 5.41) is 0. The van der Waals surface area contributed by atoms with Crippen molar-refractivity contribution in [2.75, 3.05) is 27.2 Å². The molecule has 168 valence electrons. The second-order valence-electron chi connectivity index (χ2n) is 6.75. The lowest BCUT2D eigenvalue weighted by Gasteiger charge is -2.12. The summed E-state index contributed by atoms with van der Waals surface area (Å²) < 4.78 is 60.5. The van der Waals surface area contributed by atoms with Crippen molar-refractivity contribution in [3.05, 3.63) is 52.1 Å². The van der Waals surface area contributed by atoms with Gasteiger partial charge in [0.1, 0.15) is 12.4 Å². The highest BCUT2D eigenvalue weighted by molar-refractivity contribution is 7.89. The van der Waals surface area contributed by atoms with Crippen molar-refractivity contribution in [3.63, 3.8) is 0 Å². The van der Waals surface area contributed by atoms with E-state index in [2.05, 4.69) is 4.72 Å². The average molecular weight is 486 g/mol. The number of rotatable bonds is 9. The zero-order valence-electron chi connectivity index (χ0n) is 17.2. The first-order valence-electron chi connectivity index (χ1n) is 9.34.